The molecular weight excluding hydrogens is 296 g/mol. The van der Waals surface area contributed by atoms with Crippen molar-refractivity contribution in [1.29, 1.82) is 0 Å². The van der Waals surface area contributed by atoms with Gasteiger partial charge in [-0.3, -0.25) is 4.79 Å². The van der Waals surface area contributed by atoms with Crippen molar-refractivity contribution in [2.24, 2.45) is 0 Å². The molecule has 1 spiro atoms. The first-order chi connectivity index (χ1) is 11.2. The van der Waals surface area contributed by atoms with E-state index in [2.05, 4.69) is 20.7 Å². The monoisotopic (exact) mass is 316 g/mol. The Morgan fingerprint density at radius 3 is 2.91 bits per heavy atom. The smallest absolute Gasteiger partial charge is 0.251 e. The molecule has 23 heavy (non-hydrogen) atoms. The minimum atomic E-state index is -0.121. The predicted molar refractivity (Wildman–Crippen MR) is 83.1 cm³/mol. The van der Waals surface area contributed by atoms with Gasteiger partial charge in [0.05, 0.1) is 5.60 Å². The molecule has 7 heteroatoms. The molecule has 2 aliphatic rings. The Kier molecular flexibility index (Phi) is 3.74. The first kappa shape index (κ1) is 14.6. The summed E-state index contributed by atoms with van der Waals surface area (Å²) in [6.45, 7) is 2.17. The van der Waals surface area contributed by atoms with E-state index in [4.69, 9.17) is 9.47 Å². The minimum Gasteiger partial charge on any atom is -0.381 e. The summed E-state index contributed by atoms with van der Waals surface area (Å²) in [6.07, 6.45) is 3.52. The molecule has 0 saturated carbocycles. The van der Waals surface area contributed by atoms with Crippen LogP contribution in [0.4, 0.5) is 0 Å². The molecule has 4 rings (SSSR count). The zero-order chi connectivity index (χ0) is 15.7. The van der Waals surface area contributed by atoms with Crippen LogP contribution in [0, 0.1) is 0 Å². The molecule has 0 unspecified atom stereocenters. The van der Waals surface area contributed by atoms with Crippen LogP contribution < -0.4 is 5.32 Å². The number of nitrogens with one attached hydrogen (secondary N) is 2. The predicted octanol–water partition coefficient (Wildman–Crippen LogP) is 1.42. The summed E-state index contributed by atoms with van der Waals surface area (Å²) in [5.74, 6) is -0.0657. The van der Waals surface area contributed by atoms with Crippen molar-refractivity contribution < 1.29 is 14.3 Å². The summed E-state index contributed by atoms with van der Waals surface area (Å²) in [4.78, 5) is 12.5. The van der Waals surface area contributed by atoms with E-state index in [-0.39, 0.29) is 17.6 Å². The van der Waals surface area contributed by atoms with Crippen molar-refractivity contribution in [3.05, 3.63) is 23.8 Å². The number of nitrogens with zero attached hydrogens (tertiary/aromatic N) is 2. The van der Waals surface area contributed by atoms with E-state index in [0.717, 1.165) is 44.4 Å². The van der Waals surface area contributed by atoms with Crippen molar-refractivity contribution in [2.75, 3.05) is 19.8 Å². The van der Waals surface area contributed by atoms with Gasteiger partial charge in [0, 0.05) is 31.4 Å². The number of hydrogen-bond acceptors (Lipinski definition) is 5. The third-order valence-electron chi connectivity index (χ3n) is 4.81. The largest absolute Gasteiger partial charge is 0.381 e. The van der Waals surface area contributed by atoms with E-state index in [9.17, 15) is 4.79 Å². The highest BCUT2D eigenvalue weighted by atomic mass is 16.5. The normalized spacial score (nSPS) is 23.9. The van der Waals surface area contributed by atoms with Crippen LogP contribution in [0.15, 0.2) is 18.2 Å². The second-order valence-electron chi connectivity index (χ2n) is 6.33. The Bertz CT molecular complexity index is 703. The number of aromatic nitrogens is 3. The molecule has 2 saturated heterocycles. The number of rotatable bonds is 2. The lowest BCUT2D eigenvalue weighted by Gasteiger charge is -2.43. The van der Waals surface area contributed by atoms with E-state index in [1.165, 1.54) is 0 Å². The number of ether oxygens (including phenoxy) is 2. The second-order valence-corrected chi connectivity index (χ2v) is 6.33. The third kappa shape index (κ3) is 2.94. The summed E-state index contributed by atoms with van der Waals surface area (Å²) in [6, 6.07) is 5.49. The first-order valence-electron chi connectivity index (χ1n) is 8.07. The highest BCUT2D eigenvalue weighted by Crippen LogP contribution is 2.34. The van der Waals surface area contributed by atoms with Gasteiger partial charge in [0.2, 0.25) is 0 Å². The maximum absolute atomic E-state index is 12.5. The van der Waals surface area contributed by atoms with E-state index < -0.39 is 0 Å². The fourth-order valence-electron chi connectivity index (χ4n) is 3.49. The van der Waals surface area contributed by atoms with Gasteiger partial charge < -0.3 is 14.8 Å². The molecule has 1 aromatic carbocycles. The Balaban J connectivity index is 1.45. The maximum Gasteiger partial charge on any atom is 0.251 e. The van der Waals surface area contributed by atoms with Gasteiger partial charge >= 0.3 is 0 Å². The van der Waals surface area contributed by atoms with Crippen molar-refractivity contribution in [3.63, 3.8) is 0 Å². The van der Waals surface area contributed by atoms with Crippen LogP contribution in [0.3, 0.4) is 0 Å². The molecule has 2 aromatic rings. The van der Waals surface area contributed by atoms with Gasteiger partial charge in [-0.25, -0.2) is 0 Å². The van der Waals surface area contributed by atoms with Crippen molar-refractivity contribution >= 4 is 16.9 Å². The molecule has 7 nitrogen and oxygen atoms in total. The summed E-state index contributed by atoms with van der Waals surface area (Å²) in [7, 11) is 0. The number of amides is 1. The minimum absolute atomic E-state index is 0.0657. The van der Waals surface area contributed by atoms with Gasteiger partial charge in [-0.1, -0.05) is 0 Å². The molecule has 2 fully saturated rings. The second kappa shape index (κ2) is 5.90. The van der Waals surface area contributed by atoms with Crippen LogP contribution in [0.25, 0.3) is 11.0 Å². The molecule has 0 aliphatic carbocycles. The Labute approximate surface area is 133 Å². The standard InChI is InChI=1S/C16H20N4O3/c21-15(11-1-2-13-14(9-11)19-20-18-13)17-12-3-6-23-16(10-12)4-7-22-8-5-16/h1-2,9,12H,3-8,10H2,(H,17,21)(H,18,19,20)/t12-/m1/s1. The van der Waals surface area contributed by atoms with Gasteiger partial charge in [-0.05, 0) is 43.9 Å². The number of fused-ring (bicyclic) bond motifs is 1. The van der Waals surface area contributed by atoms with Gasteiger partial charge in [-0.2, -0.15) is 15.4 Å². The topological polar surface area (TPSA) is 89.1 Å². The molecule has 1 aromatic heterocycles. The first-order valence-corrected chi connectivity index (χ1v) is 8.07. The van der Waals surface area contributed by atoms with Gasteiger partial charge in [0.25, 0.3) is 5.91 Å². The molecule has 122 valence electrons. The zero-order valence-corrected chi connectivity index (χ0v) is 12.9. The quantitative estimate of drug-likeness (QED) is 0.874. The molecule has 1 atom stereocenters. The number of carbonyl (C=O) groups is 1. The number of carbonyl (C=O) groups excluding carboxylic acids is 1. The highest BCUT2D eigenvalue weighted by molar-refractivity contribution is 5.97. The molecule has 0 bridgehead atoms. The van der Waals surface area contributed by atoms with Crippen LogP contribution in [0.1, 0.15) is 36.0 Å². The molecular formula is C16H20N4O3. The van der Waals surface area contributed by atoms with E-state index in [1.807, 2.05) is 0 Å². The molecule has 2 N–H and O–H groups in total. The summed E-state index contributed by atoms with van der Waals surface area (Å²) < 4.78 is 11.5. The lowest BCUT2D eigenvalue weighted by Crippen LogP contribution is -2.51. The van der Waals surface area contributed by atoms with Gasteiger partial charge in [0.1, 0.15) is 11.0 Å². The van der Waals surface area contributed by atoms with Crippen molar-refractivity contribution in [3.8, 4) is 0 Å². The molecule has 2 aliphatic heterocycles. The fraction of sp³-hybridized carbons (Fsp3) is 0.562. The van der Waals surface area contributed by atoms with E-state index in [0.29, 0.717) is 17.7 Å². The average molecular weight is 316 g/mol. The summed E-state index contributed by atoms with van der Waals surface area (Å²) in [5.41, 5.74) is 1.95. The Morgan fingerprint density at radius 2 is 2.04 bits per heavy atom. The Morgan fingerprint density at radius 1 is 1.22 bits per heavy atom. The zero-order valence-electron chi connectivity index (χ0n) is 12.9. The number of H-pyrrole nitrogens is 1. The average Bonchev–Trinajstić information content (AvgIpc) is 3.03. The lowest BCUT2D eigenvalue weighted by atomic mass is 9.84. The van der Waals surface area contributed by atoms with Crippen molar-refractivity contribution in [1.82, 2.24) is 20.7 Å². The summed E-state index contributed by atoms with van der Waals surface area (Å²) in [5, 5.41) is 13.7. The van der Waals surface area contributed by atoms with Crippen LogP contribution in [0.2, 0.25) is 0 Å². The molecule has 3 heterocycles. The van der Waals surface area contributed by atoms with Gasteiger partial charge in [0.15, 0.2) is 0 Å². The van der Waals surface area contributed by atoms with Crippen LogP contribution >= 0.6 is 0 Å². The molecule has 1 amide bonds. The van der Waals surface area contributed by atoms with Gasteiger partial charge in [-0.15, -0.1) is 0 Å². The van der Waals surface area contributed by atoms with Crippen LogP contribution in [-0.2, 0) is 9.47 Å². The molecule has 0 radical (unpaired) electrons. The van der Waals surface area contributed by atoms with Crippen LogP contribution in [-0.4, -0.2) is 52.8 Å². The lowest BCUT2D eigenvalue weighted by molar-refractivity contribution is -0.139. The summed E-state index contributed by atoms with van der Waals surface area (Å²) >= 11 is 0. The highest BCUT2D eigenvalue weighted by Gasteiger charge is 2.39. The maximum atomic E-state index is 12.5. The fourth-order valence-corrected chi connectivity index (χ4v) is 3.49. The SMILES string of the molecule is O=C(N[C@@H]1CCOC2(CCOCC2)C1)c1ccc2n[nH]nc2c1. The van der Waals surface area contributed by atoms with Crippen molar-refractivity contribution in [2.45, 2.75) is 37.3 Å². The number of hydrogen-bond donors (Lipinski definition) is 2. The third-order valence-corrected chi connectivity index (χ3v) is 4.81. The van der Waals surface area contributed by atoms with Crippen LogP contribution in [0.5, 0.6) is 0 Å². The number of aromatic amines is 1. The Hall–Kier alpha value is -1.99. The van der Waals surface area contributed by atoms with E-state index >= 15 is 0 Å². The van der Waals surface area contributed by atoms with E-state index in [1.54, 1.807) is 18.2 Å². The number of benzene rings is 1.